The second kappa shape index (κ2) is 6.55. The van der Waals surface area contributed by atoms with Gasteiger partial charge in [0.15, 0.2) is 0 Å². The molecule has 3 nitrogen and oxygen atoms in total. The Morgan fingerprint density at radius 3 is 3.06 bits per heavy atom. The van der Waals surface area contributed by atoms with Gasteiger partial charge in [0, 0.05) is 22.6 Å². The summed E-state index contributed by atoms with van der Waals surface area (Å²) >= 11 is 9.20. The van der Waals surface area contributed by atoms with E-state index < -0.39 is 0 Å². The maximum Gasteiger partial charge on any atom is 0.251 e. The van der Waals surface area contributed by atoms with E-state index >= 15 is 0 Å². The van der Waals surface area contributed by atoms with E-state index in [4.69, 9.17) is 11.6 Å². The quantitative estimate of drug-likeness (QED) is 0.890. The number of carbonyl (C=O) groups excluding carboxylic acids is 1. The van der Waals surface area contributed by atoms with Crippen molar-refractivity contribution in [3.63, 3.8) is 0 Å². The van der Waals surface area contributed by atoms with Crippen LogP contribution < -0.4 is 10.6 Å². The van der Waals surface area contributed by atoms with Gasteiger partial charge in [0.1, 0.15) is 0 Å². The summed E-state index contributed by atoms with van der Waals surface area (Å²) in [6.45, 7) is 1.81. The van der Waals surface area contributed by atoms with Gasteiger partial charge in [-0.2, -0.15) is 0 Å². The van der Waals surface area contributed by atoms with Crippen LogP contribution in [0.1, 0.15) is 29.6 Å². The minimum atomic E-state index is -0.0506. The molecule has 0 spiro atoms. The predicted molar refractivity (Wildman–Crippen MR) is 77.1 cm³/mol. The summed E-state index contributed by atoms with van der Waals surface area (Å²) in [5.74, 6) is -0.0506. The highest BCUT2D eigenvalue weighted by molar-refractivity contribution is 9.10. The van der Waals surface area contributed by atoms with Crippen LogP contribution in [0.25, 0.3) is 0 Å². The molecule has 0 aliphatic carbocycles. The molecular formula is C13H16BrClN2O. The van der Waals surface area contributed by atoms with Crippen LogP contribution in [0.5, 0.6) is 0 Å². The van der Waals surface area contributed by atoms with Gasteiger partial charge in [-0.05, 0) is 59.9 Å². The van der Waals surface area contributed by atoms with Gasteiger partial charge in [0.2, 0.25) is 0 Å². The molecule has 1 atom stereocenters. The standard InChI is InChI=1S/C13H16BrClN2O/c14-11-8-9(3-4-12(11)15)13(18)17-7-5-10-2-1-6-16-10/h3-4,8,10,16H,1-2,5-7H2,(H,17,18)/t10-/m0/s1. The molecule has 1 aliphatic rings. The summed E-state index contributed by atoms with van der Waals surface area (Å²) in [4.78, 5) is 11.9. The van der Waals surface area contributed by atoms with Crippen molar-refractivity contribution >= 4 is 33.4 Å². The van der Waals surface area contributed by atoms with Crippen LogP contribution >= 0.6 is 27.5 Å². The van der Waals surface area contributed by atoms with E-state index in [2.05, 4.69) is 26.6 Å². The third-order valence-corrected chi connectivity index (χ3v) is 4.34. The number of carbonyl (C=O) groups is 1. The molecule has 0 aromatic heterocycles. The molecular weight excluding hydrogens is 316 g/mol. The van der Waals surface area contributed by atoms with E-state index in [1.54, 1.807) is 18.2 Å². The van der Waals surface area contributed by atoms with E-state index in [-0.39, 0.29) is 5.91 Å². The Bertz CT molecular complexity index is 433. The van der Waals surface area contributed by atoms with Crippen molar-refractivity contribution < 1.29 is 4.79 Å². The zero-order valence-electron chi connectivity index (χ0n) is 10.0. The average molecular weight is 332 g/mol. The summed E-state index contributed by atoms with van der Waals surface area (Å²) in [5.41, 5.74) is 0.630. The van der Waals surface area contributed by atoms with Crippen LogP contribution in [0.15, 0.2) is 22.7 Å². The molecule has 1 amide bonds. The summed E-state index contributed by atoms with van der Waals surface area (Å²) in [6, 6.07) is 5.75. The first-order chi connectivity index (χ1) is 8.66. The van der Waals surface area contributed by atoms with Gasteiger partial charge in [0.05, 0.1) is 5.02 Å². The van der Waals surface area contributed by atoms with Crippen molar-refractivity contribution in [2.45, 2.75) is 25.3 Å². The van der Waals surface area contributed by atoms with Crippen molar-refractivity contribution in [2.24, 2.45) is 0 Å². The van der Waals surface area contributed by atoms with E-state index in [9.17, 15) is 4.79 Å². The molecule has 1 heterocycles. The summed E-state index contributed by atoms with van der Waals surface area (Å²) < 4.78 is 0.745. The Kier molecular flexibility index (Phi) is 5.03. The highest BCUT2D eigenvalue weighted by atomic mass is 79.9. The second-order valence-corrected chi connectivity index (χ2v) is 5.73. The third-order valence-electron chi connectivity index (χ3n) is 3.12. The molecule has 5 heteroatoms. The first-order valence-electron chi connectivity index (χ1n) is 6.13. The molecule has 1 aromatic rings. The molecule has 0 unspecified atom stereocenters. The van der Waals surface area contributed by atoms with Gasteiger partial charge >= 0.3 is 0 Å². The highest BCUT2D eigenvalue weighted by Crippen LogP contribution is 2.23. The van der Waals surface area contributed by atoms with Crippen LogP contribution in [0.3, 0.4) is 0 Å². The Hall–Kier alpha value is -0.580. The van der Waals surface area contributed by atoms with Gasteiger partial charge in [-0.15, -0.1) is 0 Å². The number of amides is 1. The molecule has 98 valence electrons. The summed E-state index contributed by atoms with van der Waals surface area (Å²) in [6.07, 6.45) is 3.44. The zero-order chi connectivity index (χ0) is 13.0. The topological polar surface area (TPSA) is 41.1 Å². The number of hydrogen-bond donors (Lipinski definition) is 2. The minimum absolute atomic E-state index is 0.0506. The van der Waals surface area contributed by atoms with Crippen LogP contribution in [0, 0.1) is 0 Å². The maximum absolute atomic E-state index is 11.9. The van der Waals surface area contributed by atoms with Gasteiger partial charge in [-0.1, -0.05) is 11.6 Å². The van der Waals surface area contributed by atoms with E-state index in [0.29, 0.717) is 23.2 Å². The lowest BCUT2D eigenvalue weighted by atomic mass is 10.1. The maximum atomic E-state index is 11.9. The normalized spacial score (nSPS) is 18.9. The van der Waals surface area contributed by atoms with Crippen molar-refractivity contribution in [1.29, 1.82) is 0 Å². The van der Waals surface area contributed by atoms with Gasteiger partial charge < -0.3 is 10.6 Å². The molecule has 1 fully saturated rings. The Morgan fingerprint density at radius 2 is 2.39 bits per heavy atom. The van der Waals surface area contributed by atoms with Crippen LogP contribution in [0.4, 0.5) is 0 Å². The molecule has 1 aliphatic heterocycles. The van der Waals surface area contributed by atoms with Crippen LogP contribution in [-0.2, 0) is 0 Å². The highest BCUT2D eigenvalue weighted by Gasteiger charge is 2.14. The van der Waals surface area contributed by atoms with Crippen LogP contribution in [-0.4, -0.2) is 25.0 Å². The number of hydrogen-bond acceptors (Lipinski definition) is 2. The van der Waals surface area contributed by atoms with Gasteiger partial charge in [-0.25, -0.2) is 0 Å². The summed E-state index contributed by atoms with van der Waals surface area (Å²) in [5, 5.41) is 6.95. The molecule has 1 saturated heterocycles. The predicted octanol–water partition coefficient (Wildman–Crippen LogP) is 2.97. The molecule has 0 bridgehead atoms. The Morgan fingerprint density at radius 1 is 1.56 bits per heavy atom. The fraction of sp³-hybridized carbons (Fsp3) is 0.462. The molecule has 18 heavy (non-hydrogen) atoms. The molecule has 0 saturated carbocycles. The largest absolute Gasteiger partial charge is 0.352 e. The first kappa shape index (κ1) is 13.8. The monoisotopic (exact) mass is 330 g/mol. The van der Waals surface area contributed by atoms with Crippen molar-refractivity contribution in [3.8, 4) is 0 Å². The Labute approximate surface area is 120 Å². The number of benzene rings is 1. The molecule has 1 aromatic carbocycles. The SMILES string of the molecule is O=C(NCC[C@@H]1CCCN1)c1ccc(Cl)c(Br)c1. The summed E-state index contributed by atoms with van der Waals surface area (Å²) in [7, 11) is 0. The third kappa shape index (κ3) is 3.70. The lowest BCUT2D eigenvalue weighted by Crippen LogP contribution is -2.30. The molecule has 2 rings (SSSR count). The van der Waals surface area contributed by atoms with Crippen molar-refractivity contribution in [3.05, 3.63) is 33.3 Å². The average Bonchev–Trinajstić information content (AvgIpc) is 2.85. The molecule has 2 N–H and O–H groups in total. The van der Waals surface area contributed by atoms with Crippen molar-refractivity contribution in [1.82, 2.24) is 10.6 Å². The molecule has 0 radical (unpaired) electrons. The Balaban J connectivity index is 1.81. The fourth-order valence-corrected chi connectivity index (χ4v) is 2.60. The zero-order valence-corrected chi connectivity index (χ0v) is 12.4. The van der Waals surface area contributed by atoms with Crippen molar-refractivity contribution in [2.75, 3.05) is 13.1 Å². The van der Waals surface area contributed by atoms with Gasteiger partial charge in [0.25, 0.3) is 5.91 Å². The number of rotatable bonds is 4. The lowest BCUT2D eigenvalue weighted by molar-refractivity contribution is 0.0952. The van der Waals surface area contributed by atoms with E-state index in [1.165, 1.54) is 12.8 Å². The minimum Gasteiger partial charge on any atom is -0.352 e. The second-order valence-electron chi connectivity index (χ2n) is 4.47. The van der Waals surface area contributed by atoms with Crippen LogP contribution in [0.2, 0.25) is 5.02 Å². The van der Waals surface area contributed by atoms with E-state index in [1.807, 2.05) is 0 Å². The smallest absolute Gasteiger partial charge is 0.251 e. The van der Waals surface area contributed by atoms with E-state index in [0.717, 1.165) is 17.4 Å². The van der Waals surface area contributed by atoms with Gasteiger partial charge in [-0.3, -0.25) is 4.79 Å². The number of halogens is 2. The number of nitrogens with one attached hydrogen (secondary N) is 2. The fourth-order valence-electron chi connectivity index (χ4n) is 2.10. The first-order valence-corrected chi connectivity index (χ1v) is 7.30. The lowest BCUT2D eigenvalue weighted by Gasteiger charge is -2.11.